The highest BCUT2D eigenvalue weighted by Crippen LogP contribution is 2.27. The first kappa shape index (κ1) is 20.1. The van der Waals surface area contributed by atoms with Gasteiger partial charge in [-0.25, -0.2) is 0 Å². The molecule has 4 heteroatoms. The van der Waals surface area contributed by atoms with Crippen LogP contribution in [0.25, 0.3) is 0 Å². The van der Waals surface area contributed by atoms with E-state index >= 15 is 0 Å². The van der Waals surface area contributed by atoms with Crippen molar-refractivity contribution in [2.45, 2.75) is 51.2 Å². The molecule has 3 atom stereocenters. The lowest BCUT2D eigenvalue weighted by Crippen LogP contribution is -2.38. The van der Waals surface area contributed by atoms with E-state index < -0.39 is 12.0 Å². The summed E-state index contributed by atoms with van der Waals surface area (Å²) in [5, 5.41) is 14.3. The Balaban J connectivity index is 2.26. The van der Waals surface area contributed by atoms with E-state index in [1.165, 1.54) is 0 Å². The maximum absolute atomic E-state index is 11.9. The summed E-state index contributed by atoms with van der Waals surface area (Å²) in [4.78, 5) is 11.9. The zero-order valence-corrected chi connectivity index (χ0v) is 15.7. The van der Waals surface area contributed by atoms with Crippen LogP contribution in [0.1, 0.15) is 54.1 Å². The number of aliphatic hydroxyl groups is 1. The summed E-state index contributed by atoms with van der Waals surface area (Å²) in [6.45, 7) is 4.75. The Morgan fingerprint density at radius 3 is 2.42 bits per heavy atom. The van der Waals surface area contributed by atoms with Crippen molar-refractivity contribution in [2.75, 3.05) is 6.54 Å². The van der Waals surface area contributed by atoms with Crippen molar-refractivity contribution < 1.29 is 9.90 Å². The van der Waals surface area contributed by atoms with Crippen LogP contribution in [0.5, 0.6) is 0 Å². The summed E-state index contributed by atoms with van der Waals surface area (Å²) in [7, 11) is 0. The maximum Gasteiger partial charge on any atom is 0.248 e. The Hall–Kier alpha value is -2.17. The zero-order chi connectivity index (χ0) is 18.9. The number of carbonyl (C=O) groups excluding carboxylic acids is 1. The van der Waals surface area contributed by atoms with Crippen molar-refractivity contribution in [3.63, 3.8) is 0 Å². The monoisotopic (exact) mass is 354 g/mol. The third-order valence-electron chi connectivity index (χ3n) is 4.79. The molecule has 2 aromatic carbocycles. The van der Waals surface area contributed by atoms with Gasteiger partial charge in [0, 0.05) is 24.1 Å². The standard InChI is InChI=1S/C22H30N2O2/c1-3-9-16(2)24-15-21(25)20(14-17-10-5-4-6-11-17)18-12-7-8-13-19(18)22(23)26/h4-8,10-13,16,20-21,24-25H,3,9,14-15H2,1-2H3,(H2,23,26)/t16?,20-,21-/m0/s1. The molecule has 0 aliphatic rings. The Labute approximate surface area is 156 Å². The first-order chi connectivity index (χ1) is 12.5. The number of benzene rings is 2. The van der Waals surface area contributed by atoms with Crippen LogP contribution in [0, 0.1) is 0 Å². The van der Waals surface area contributed by atoms with Crippen LogP contribution in [0.4, 0.5) is 0 Å². The lowest BCUT2D eigenvalue weighted by atomic mass is 9.84. The van der Waals surface area contributed by atoms with Gasteiger partial charge < -0.3 is 16.2 Å². The van der Waals surface area contributed by atoms with Crippen molar-refractivity contribution in [1.82, 2.24) is 5.32 Å². The minimum Gasteiger partial charge on any atom is -0.391 e. The average Bonchev–Trinajstić information content (AvgIpc) is 2.65. The summed E-state index contributed by atoms with van der Waals surface area (Å²) in [5.41, 5.74) is 7.98. The number of nitrogens with one attached hydrogen (secondary N) is 1. The van der Waals surface area contributed by atoms with E-state index in [4.69, 9.17) is 5.73 Å². The van der Waals surface area contributed by atoms with Gasteiger partial charge in [-0.05, 0) is 37.0 Å². The van der Waals surface area contributed by atoms with Crippen molar-refractivity contribution >= 4 is 5.91 Å². The SMILES string of the molecule is CCCC(C)NC[C@H](O)[C@@H](Cc1ccccc1)c1ccccc1C(N)=O. The predicted octanol–water partition coefficient (Wildman–Crippen LogP) is 3.25. The lowest BCUT2D eigenvalue weighted by molar-refractivity contribution is 0.0995. The van der Waals surface area contributed by atoms with Crippen molar-refractivity contribution in [1.29, 1.82) is 0 Å². The normalized spacial score (nSPS) is 14.6. The Bertz CT molecular complexity index is 688. The second-order valence-corrected chi connectivity index (χ2v) is 6.91. The van der Waals surface area contributed by atoms with Crippen molar-refractivity contribution in [3.05, 3.63) is 71.3 Å². The zero-order valence-electron chi connectivity index (χ0n) is 15.7. The quantitative estimate of drug-likeness (QED) is 0.613. The van der Waals surface area contributed by atoms with Crippen LogP contribution in [-0.4, -0.2) is 29.7 Å². The highest BCUT2D eigenvalue weighted by atomic mass is 16.3. The molecule has 1 unspecified atom stereocenters. The number of hydrogen-bond acceptors (Lipinski definition) is 3. The molecular formula is C22H30N2O2. The number of carbonyl (C=O) groups is 1. The molecule has 0 fully saturated rings. The van der Waals surface area contributed by atoms with E-state index in [0.29, 0.717) is 24.6 Å². The lowest BCUT2D eigenvalue weighted by Gasteiger charge is -2.27. The fourth-order valence-electron chi connectivity index (χ4n) is 3.37. The molecule has 26 heavy (non-hydrogen) atoms. The number of aliphatic hydroxyl groups excluding tert-OH is 1. The van der Waals surface area contributed by atoms with E-state index in [2.05, 4.69) is 19.2 Å². The minimum atomic E-state index is -0.616. The van der Waals surface area contributed by atoms with Gasteiger partial charge in [0.1, 0.15) is 0 Å². The molecule has 4 nitrogen and oxygen atoms in total. The largest absolute Gasteiger partial charge is 0.391 e. The summed E-state index contributed by atoms with van der Waals surface area (Å²) in [6.07, 6.45) is 2.20. The fraction of sp³-hybridized carbons (Fsp3) is 0.409. The second kappa shape index (κ2) is 10.1. The highest BCUT2D eigenvalue weighted by Gasteiger charge is 2.25. The van der Waals surface area contributed by atoms with Crippen LogP contribution >= 0.6 is 0 Å². The van der Waals surface area contributed by atoms with Gasteiger partial charge in [-0.2, -0.15) is 0 Å². The van der Waals surface area contributed by atoms with Gasteiger partial charge in [-0.3, -0.25) is 4.79 Å². The Kier molecular flexibility index (Phi) is 7.82. The third kappa shape index (κ3) is 5.68. The topological polar surface area (TPSA) is 75.3 Å². The molecule has 0 bridgehead atoms. The van der Waals surface area contributed by atoms with Crippen LogP contribution < -0.4 is 11.1 Å². The summed E-state index contributed by atoms with van der Waals surface area (Å²) >= 11 is 0. The molecule has 0 spiro atoms. The van der Waals surface area contributed by atoms with Crippen LogP contribution in [-0.2, 0) is 6.42 Å². The van der Waals surface area contributed by atoms with Crippen LogP contribution in [0.3, 0.4) is 0 Å². The van der Waals surface area contributed by atoms with Gasteiger partial charge in [0.2, 0.25) is 5.91 Å². The highest BCUT2D eigenvalue weighted by molar-refractivity contribution is 5.94. The van der Waals surface area contributed by atoms with Gasteiger partial charge >= 0.3 is 0 Å². The van der Waals surface area contributed by atoms with E-state index in [0.717, 1.165) is 24.0 Å². The van der Waals surface area contributed by atoms with Gasteiger partial charge in [0.25, 0.3) is 0 Å². The van der Waals surface area contributed by atoms with Crippen LogP contribution in [0.15, 0.2) is 54.6 Å². The molecule has 2 rings (SSSR count). The maximum atomic E-state index is 11.9. The Morgan fingerprint density at radius 2 is 1.77 bits per heavy atom. The predicted molar refractivity (Wildman–Crippen MR) is 106 cm³/mol. The number of hydrogen-bond donors (Lipinski definition) is 3. The van der Waals surface area contributed by atoms with E-state index in [9.17, 15) is 9.90 Å². The molecule has 0 aromatic heterocycles. The first-order valence-corrected chi connectivity index (χ1v) is 9.37. The second-order valence-electron chi connectivity index (χ2n) is 6.91. The molecule has 0 aliphatic heterocycles. The van der Waals surface area contributed by atoms with Gasteiger partial charge in [0.05, 0.1) is 6.10 Å². The third-order valence-corrected chi connectivity index (χ3v) is 4.79. The molecule has 0 radical (unpaired) electrons. The number of rotatable bonds is 10. The van der Waals surface area contributed by atoms with Crippen LogP contribution in [0.2, 0.25) is 0 Å². The molecule has 0 aliphatic carbocycles. The minimum absolute atomic E-state index is 0.206. The molecule has 1 amide bonds. The fourth-order valence-corrected chi connectivity index (χ4v) is 3.37. The van der Waals surface area contributed by atoms with E-state index in [-0.39, 0.29) is 5.92 Å². The molecule has 2 aromatic rings. The summed E-state index contributed by atoms with van der Waals surface area (Å²) in [5.74, 6) is -0.666. The molecule has 0 saturated heterocycles. The number of primary amides is 1. The number of nitrogens with two attached hydrogens (primary N) is 1. The molecule has 140 valence electrons. The summed E-state index contributed by atoms with van der Waals surface area (Å²) in [6, 6.07) is 17.7. The smallest absolute Gasteiger partial charge is 0.248 e. The summed E-state index contributed by atoms with van der Waals surface area (Å²) < 4.78 is 0. The average molecular weight is 354 g/mol. The molecule has 4 N–H and O–H groups in total. The first-order valence-electron chi connectivity index (χ1n) is 9.37. The van der Waals surface area contributed by atoms with Gasteiger partial charge in [-0.1, -0.05) is 61.9 Å². The van der Waals surface area contributed by atoms with Gasteiger partial charge in [-0.15, -0.1) is 0 Å². The van der Waals surface area contributed by atoms with Crippen molar-refractivity contribution in [2.24, 2.45) is 5.73 Å². The van der Waals surface area contributed by atoms with E-state index in [1.807, 2.05) is 42.5 Å². The van der Waals surface area contributed by atoms with E-state index in [1.54, 1.807) is 12.1 Å². The molecule has 0 saturated carbocycles. The number of amides is 1. The van der Waals surface area contributed by atoms with Gasteiger partial charge in [0.15, 0.2) is 0 Å². The van der Waals surface area contributed by atoms with Crippen molar-refractivity contribution in [3.8, 4) is 0 Å². The Morgan fingerprint density at radius 1 is 1.12 bits per heavy atom. The molecular weight excluding hydrogens is 324 g/mol. The molecule has 0 heterocycles.